The fourth-order valence-corrected chi connectivity index (χ4v) is 5.87. The quantitative estimate of drug-likeness (QED) is 0.442. The number of carbonyl (C=O) groups is 1. The molecule has 178 valence electrons. The summed E-state index contributed by atoms with van der Waals surface area (Å²) in [6, 6.07) is 29.1. The van der Waals surface area contributed by atoms with Gasteiger partial charge in [0, 0.05) is 31.6 Å². The monoisotopic (exact) mass is 477 g/mol. The fourth-order valence-electron chi connectivity index (χ4n) is 4.47. The molecule has 0 unspecified atom stereocenters. The molecule has 2 atom stereocenters. The predicted octanol–water partition coefficient (Wildman–Crippen LogP) is 3.03. The number of benzene rings is 3. The van der Waals surface area contributed by atoms with Crippen LogP contribution in [0.15, 0.2) is 91.0 Å². The van der Waals surface area contributed by atoms with Crippen LogP contribution < -0.4 is 15.4 Å². The van der Waals surface area contributed by atoms with Crippen LogP contribution in [-0.2, 0) is 20.6 Å². The molecule has 1 fully saturated rings. The SMILES string of the molecule is O=C(NCC(c1ccccc1)c1ccccc1)[C@@H]1CNC[C@@H](NS(=O)(=O)Cc2ccccc2)C1. The van der Waals surface area contributed by atoms with Gasteiger partial charge in [0.1, 0.15) is 0 Å². The van der Waals surface area contributed by atoms with E-state index in [0.717, 1.165) is 16.7 Å². The van der Waals surface area contributed by atoms with Gasteiger partial charge in [0.2, 0.25) is 15.9 Å². The molecule has 1 saturated heterocycles. The van der Waals surface area contributed by atoms with Gasteiger partial charge in [-0.3, -0.25) is 4.79 Å². The Morgan fingerprint density at radius 3 is 2.00 bits per heavy atom. The lowest BCUT2D eigenvalue weighted by Crippen LogP contribution is -2.52. The lowest BCUT2D eigenvalue weighted by molar-refractivity contribution is -0.125. The van der Waals surface area contributed by atoms with Gasteiger partial charge in [0.25, 0.3) is 0 Å². The van der Waals surface area contributed by atoms with E-state index in [9.17, 15) is 13.2 Å². The number of amides is 1. The van der Waals surface area contributed by atoms with Crippen LogP contribution in [0.3, 0.4) is 0 Å². The highest BCUT2D eigenvalue weighted by atomic mass is 32.2. The molecule has 0 radical (unpaired) electrons. The van der Waals surface area contributed by atoms with E-state index in [1.165, 1.54) is 0 Å². The van der Waals surface area contributed by atoms with Gasteiger partial charge in [-0.2, -0.15) is 0 Å². The second-order valence-electron chi connectivity index (χ2n) is 8.77. The van der Waals surface area contributed by atoms with E-state index < -0.39 is 10.0 Å². The van der Waals surface area contributed by atoms with Gasteiger partial charge in [-0.05, 0) is 23.1 Å². The van der Waals surface area contributed by atoms with Crippen molar-refractivity contribution in [2.45, 2.75) is 24.1 Å². The van der Waals surface area contributed by atoms with Crippen LogP contribution in [0.25, 0.3) is 0 Å². The second-order valence-corrected chi connectivity index (χ2v) is 10.5. The Hall–Kier alpha value is -3.00. The van der Waals surface area contributed by atoms with E-state index in [-0.39, 0.29) is 29.5 Å². The zero-order chi connectivity index (χ0) is 23.8. The summed E-state index contributed by atoms with van der Waals surface area (Å²) in [6.07, 6.45) is 0.466. The number of piperidine rings is 1. The fraction of sp³-hybridized carbons (Fsp3) is 0.296. The molecule has 3 aromatic rings. The summed E-state index contributed by atoms with van der Waals surface area (Å²) in [4.78, 5) is 13.0. The molecular formula is C27H31N3O3S. The van der Waals surface area contributed by atoms with Gasteiger partial charge in [-0.15, -0.1) is 0 Å². The molecule has 1 amide bonds. The molecule has 4 rings (SSSR count). The smallest absolute Gasteiger partial charge is 0.224 e. The first-order valence-electron chi connectivity index (χ1n) is 11.6. The first-order chi connectivity index (χ1) is 16.5. The molecule has 6 nitrogen and oxygen atoms in total. The van der Waals surface area contributed by atoms with Crippen molar-refractivity contribution in [2.24, 2.45) is 5.92 Å². The molecular weight excluding hydrogens is 446 g/mol. The molecule has 0 saturated carbocycles. The minimum absolute atomic E-state index is 0.0445. The molecule has 0 aliphatic carbocycles. The summed E-state index contributed by atoms with van der Waals surface area (Å²) in [5.41, 5.74) is 3.02. The highest BCUT2D eigenvalue weighted by molar-refractivity contribution is 7.88. The summed E-state index contributed by atoms with van der Waals surface area (Å²) in [6.45, 7) is 1.52. The largest absolute Gasteiger partial charge is 0.355 e. The summed E-state index contributed by atoms with van der Waals surface area (Å²) < 4.78 is 28.0. The Morgan fingerprint density at radius 2 is 1.41 bits per heavy atom. The van der Waals surface area contributed by atoms with E-state index in [0.29, 0.717) is 26.1 Å². The lowest BCUT2D eigenvalue weighted by Gasteiger charge is -2.30. The van der Waals surface area contributed by atoms with Crippen LogP contribution in [0.5, 0.6) is 0 Å². The van der Waals surface area contributed by atoms with Gasteiger partial charge in [0.05, 0.1) is 11.7 Å². The Balaban J connectivity index is 1.36. The van der Waals surface area contributed by atoms with E-state index in [4.69, 9.17) is 0 Å². The first kappa shape index (κ1) is 24.1. The van der Waals surface area contributed by atoms with Crippen LogP contribution in [0.1, 0.15) is 29.0 Å². The number of sulfonamides is 1. The molecule has 0 spiro atoms. The van der Waals surface area contributed by atoms with Crippen LogP contribution in [0.4, 0.5) is 0 Å². The summed E-state index contributed by atoms with van der Waals surface area (Å²) >= 11 is 0. The summed E-state index contributed by atoms with van der Waals surface area (Å²) in [5.74, 6) is -0.387. The van der Waals surface area contributed by atoms with E-state index in [2.05, 4.69) is 39.6 Å². The van der Waals surface area contributed by atoms with Crippen molar-refractivity contribution in [2.75, 3.05) is 19.6 Å². The van der Waals surface area contributed by atoms with Crippen LogP contribution in [0, 0.1) is 5.92 Å². The van der Waals surface area contributed by atoms with Crippen molar-refractivity contribution >= 4 is 15.9 Å². The van der Waals surface area contributed by atoms with Gasteiger partial charge in [-0.25, -0.2) is 13.1 Å². The van der Waals surface area contributed by atoms with E-state index >= 15 is 0 Å². The topological polar surface area (TPSA) is 87.3 Å². The molecule has 1 heterocycles. The summed E-state index contributed by atoms with van der Waals surface area (Å²) in [5, 5.41) is 6.33. The third-order valence-electron chi connectivity index (χ3n) is 6.15. The van der Waals surface area contributed by atoms with E-state index in [1.807, 2.05) is 54.6 Å². The molecule has 1 aliphatic rings. The minimum atomic E-state index is -3.50. The Bertz CT molecular complexity index is 1120. The van der Waals surface area contributed by atoms with Crippen molar-refractivity contribution in [1.29, 1.82) is 0 Å². The number of carbonyl (C=O) groups excluding carboxylic acids is 1. The van der Waals surface area contributed by atoms with Gasteiger partial charge < -0.3 is 10.6 Å². The molecule has 0 bridgehead atoms. The molecule has 7 heteroatoms. The Morgan fingerprint density at radius 1 is 0.853 bits per heavy atom. The standard InChI is InChI=1S/C27H31N3O3S/c31-27(29-19-26(22-12-6-2-7-13-22)23-14-8-3-9-15-23)24-16-25(18-28-17-24)30-34(32,33)20-21-10-4-1-5-11-21/h1-15,24-26,28,30H,16-20H2,(H,29,31)/t24-,25-/m0/s1. The van der Waals surface area contributed by atoms with Crippen molar-refractivity contribution in [3.63, 3.8) is 0 Å². The first-order valence-corrected chi connectivity index (χ1v) is 13.3. The zero-order valence-corrected chi connectivity index (χ0v) is 19.9. The maximum absolute atomic E-state index is 13.0. The minimum Gasteiger partial charge on any atom is -0.355 e. The maximum atomic E-state index is 13.0. The van der Waals surface area contributed by atoms with Crippen molar-refractivity contribution < 1.29 is 13.2 Å². The van der Waals surface area contributed by atoms with Crippen LogP contribution in [-0.4, -0.2) is 40.0 Å². The molecule has 3 aromatic carbocycles. The number of hydrogen-bond donors (Lipinski definition) is 3. The molecule has 0 aromatic heterocycles. The highest BCUT2D eigenvalue weighted by Gasteiger charge is 2.30. The van der Waals surface area contributed by atoms with Gasteiger partial charge >= 0.3 is 0 Å². The van der Waals surface area contributed by atoms with Crippen LogP contribution >= 0.6 is 0 Å². The average Bonchev–Trinajstić information content (AvgIpc) is 2.85. The number of hydrogen-bond acceptors (Lipinski definition) is 4. The average molecular weight is 478 g/mol. The van der Waals surface area contributed by atoms with Gasteiger partial charge in [-0.1, -0.05) is 91.0 Å². The van der Waals surface area contributed by atoms with Gasteiger partial charge in [0.15, 0.2) is 0 Å². The molecule has 34 heavy (non-hydrogen) atoms. The molecule has 1 aliphatic heterocycles. The normalized spacial score (nSPS) is 18.5. The second kappa shape index (κ2) is 11.4. The van der Waals surface area contributed by atoms with Crippen molar-refractivity contribution in [3.05, 3.63) is 108 Å². The molecule has 3 N–H and O–H groups in total. The number of rotatable bonds is 9. The van der Waals surface area contributed by atoms with Crippen LogP contribution in [0.2, 0.25) is 0 Å². The van der Waals surface area contributed by atoms with E-state index in [1.54, 1.807) is 12.1 Å². The Labute approximate surface area is 201 Å². The Kier molecular flexibility index (Phi) is 8.11. The third kappa shape index (κ3) is 6.76. The third-order valence-corrected chi connectivity index (χ3v) is 7.56. The van der Waals surface area contributed by atoms with Crippen molar-refractivity contribution in [1.82, 2.24) is 15.4 Å². The lowest BCUT2D eigenvalue weighted by atomic mass is 9.90. The predicted molar refractivity (Wildman–Crippen MR) is 135 cm³/mol. The maximum Gasteiger partial charge on any atom is 0.224 e. The number of nitrogens with one attached hydrogen (secondary N) is 3. The summed E-state index contributed by atoms with van der Waals surface area (Å²) in [7, 11) is -3.50. The zero-order valence-electron chi connectivity index (χ0n) is 19.1. The van der Waals surface area contributed by atoms with Crippen molar-refractivity contribution in [3.8, 4) is 0 Å². The highest BCUT2D eigenvalue weighted by Crippen LogP contribution is 2.24.